The van der Waals surface area contributed by atoms with Gasteiger partial charge in [0.15, 0.2) is 0 Å². The highest BCUT2D eigenvalue weighted by Crippen LogP contribution is 2.51. The predicted molar refractivity (Wildman–Crippen MR) is 168 cm³/mol. The number of aliphatic hydroxyl groups excluding tert-OH is 1. The molecule has 0 spiro atoms. The fraction of sp³-hybridized carbons (Fsp3) is 0.419. The Kier molecular flexibility index (Phi) is 10.7. The first-order chi connectivity index (χ1) is 19.2. The maximum atomic E-state index is 13.2. The van der Waals surface area contributed by atoms with Crippen molar-refractivity contribution < 1.29 is 18.3 Å². The Hall–Kier alpha value is -2.27. The van der Waals surface area contributed by atoms with Crippen LogP contribution in [0.1, 0.15) is 31.7 Å². The molecule has 5 rings (SSSR count). The Labute approximate surface area is 255 Å². The van der Waals surface area contributed by atoms with Gasteiger partial charge in [-0.1, -0.05) is 48.2 Å². The van der Waals surface area contributed by atoms with Crippen molar-refractivity contribution in [1.29, 1.82) is 0 Å². The lowest BCUT2D eigenvalue weighted by molar-refractivity contribution is 0.0717. The molecule has 2 aliphatic rings. The van der Waals surface area contributed by atoms with Crippen LogP contribution >= 0.6 is 24.2 Å². The van der Waals surface area contributed by atoms with Crippen molar-refractivity contribution in [2.75, 3.05) is 45.2 Å². The van der Waals surface area contributed by atoms with Gasteiger partial charge in [0.05, 0.1) is 27.3 Å². The third-order valence-corrected chi connectivity index (χ3v) is 11.0. The summed E-state index contributed by atoms with van der Waals surface area (Å²) >= 11 is 1.51. The molecule has 0 bridgehead atoms. The van der Waals surface area contributed by atoms with Crippen LogP contribution in [0.5, 0.6) is 5.75 Å². The number of sulfonamides is 1. The summed E-state index contributed by atoms with van der Waals surface area (Å²) in [5.41, 5.74) is 3.05. The number of aliphatic hydroxyl groups is 1. The normalized spacial score (nSPS) is 16.6. The van der Waals surface area contributed by atoms with Crippen LogP contribution in [0.4, 0.5) is 11.4 Å². The molecule has 0 aromatic heterocycles. The van der Waals surface area contributed by atoms with E-state index in [4.69, 9.17) is 4.74 Å². The Morgan fingerprint density at radius 3 is 2.41 bits per heavy atom. The van der Waals surface area contributed by atoms with Crippen molar-refractivity contribution >= 4 is 45.6 Å². The minimum Gasteiger partial charge on any atom is -0.489 e. The number of rotatable bonds is 10. The van der Waals surface area contributed by atoms with Crippen LogP contribution in [0.3, 0.4) is 0 Å². The van der Waals surface area contributed by atoms with Gasteiger partial charge in [0, 0.05) is 31.6 Å². The summed E-state index contributed by atoms with van der Waals surface area (Å²) in [6.45, 7) is 6.09. The van der Waals surface area contributed by atoms with E-state index < -0.39 is 10.0 Å². The minimum atomic E-state index is -3.61. The van der Waals surface area contributed by atoms with Gasteiger partial charge in [-0.25, -0.2) is 12.7 Å². The van der Waals surface area contributed by atoms with Crippen LogP contribution in [0.15, 0.2) is 81.4 Å². The smallest absolute Gasteiger partial charge is 0.243 e. The summed E-state index contributed by atoms with van der Waals surface area (Å²) in [7, 11) is -0.460. The molecule has 0 radical (unpaired) electrons. The van der Waals surface area contributed by atoms with Gasteiger partial charge in [-0.3, -0.25) is 0 Å². The molecular formula is C31H40ClN3O4S2. The van der Waals surface area contributed by atoms with Gasteiger partial charge in [0.2, 0.25) is 10.0 Å². The zero-order valence-electron chi connectivity index (χ0n) is 23.9. The van der Waals surface area contributed by atoms with E-state index >= 15 is 0 Å². The molecule has 41 heavy (non-hydrogen) atoms. The summed E-state index contributed by atoms with van der Waals surface area (Å²) in [4.78, 5) is 6.85. The fourth-order valence-corrected chi connectivity index (χ4v) is 7.94. The topological polar surface area (TPSA) is 73.3 Å². The third kappa shape index (κ3) is 7.21. The number of hydrogen-bond acceptors (Lipinski definition) is 7. The Morgan fingerprint density at radius 2 is 1.73 bits per heavy atom. The van der Waals surface area contributed by atoms with Crippen LogP contribution in [-0.4, -0.2) is 69.1 Å². The monoisotopic (exact) mass is 617 g/mol. The highest BCUT2D eigenvalue weighted by Gasteiger charge is 2.31. The maximum Gasteiger partial charge on any atom is 0.243 e. The lowest BCUT2D eigenvalue weighted by Crippen LogP contribution is -2.38. The summed E-state index contributed by atoms with van der Waals surface area (Å²) in [6, 6.07) is 21.7. The number of ether oxygens (including phenoxy) is 1. The van der Waals surface area contributed by atoms with Gasteiger partial charge in [0.25, 0.3) is 0 Å². The van der Waals surface area contributed by atoms with Gasteiger partial charge >= 0.3 is 0 Å². The maximum absolute atomic E-state index is 13.2. The first-order valence-electron chi connectivity index (χ1n) is 14.0. The number of benzene rings is 3. The van der Waals surface area contributed by atoms with Crippen molar-refractivity contribution in [3.8, 4) is 5.75 Å². The summed E-state index contributed by atoms with van der Waals surface area (Å²) in [5.74, 6) is 1.18. The Morgan fingerprint density at radius 1 is 1.00 bits per heavy atom. The molecule has 0 saturated carbocycles. The number of fused-ring (bicyclic) bond motifs is 2. The van der Waals surface area contributed by atoms with Crippen LogP contribution in [0.2, 0.25) is 0 Å². The van der Waals surface area contributed by atoms with Gasteiger partial charge in [-0.2, -0.15) is 0 Å². The van der Waals surface area contributed by atoms with E-state index in [0.29, 0.717) is 17.4 Å². The van der Waals surface area contributed by atoms with E-state index in [1.54, 1.807) is 20.2 Å². The molecule has 10 heteroatoms. The second-order valence-electron chi connectivity index (χ2n) is 10.8. The zero-order valence-corrected chi connectivity index (χ0v) is 26.4. The van der Waals surface area contributed by atoms with E-state index in [9.17, 15) is 13.5 Å². The van der Waals surface area contributed by atoms with Crippen molar-refractivity contribution in [1.82, 2.24) is 9.21 Å². The highest BCUT2D eigenvalue weighted by atomic mass is 35.5. The first kappa shape index (κ1) is 31.7. The summed E-state index contributed by atoms with van der Waals surface area (Å²) in [5, 5.41) is 9.95. The first-order valence-corrected chi connectivity index (χ1v) is 16.2. The largest absolute Gasteiger partial charge is 0.489 e. The average molecular weight is 618 g/mol. The zero-order chi connectivity index (χ0) is 28.3. The van der Waals surface area contributed by atoms with Gasteiger partial charge in [0.1, 0.15) is 12.4 Å². The quantitative estimate of drug-likeness (QED) is 0.298. The van der Waals surface area contributed by atoms with Crippen LogP contribution < -0.4 is 9.64 Å². The molecule has 7 nitrogen and oxygen atoms in total. The number of halogens is 1. The lowest BCUT2D eigenvalue weighted by Gasteiger charge is -2.36. The average Bonchev–Trinajstić information content (AvgIpc) is 2.96. The molecule has 3 aromatic carbocycles. The second-order valence-corrected chi connectivity index (χ2v) is 14.0. The van der Waals surface area contributed by atoms with Crippen molar-refractivity contribution in [3.63, 3.8) is 0 Å². The predicted octanol–water partition coefficient (Wildman–Crippen LogP) is 6.02. The second kappa shape index (κ2) is 13.8. The number of anilines is 2. The highest BCUT2D eigenvalue weighted by molar-refractivity contribution is 8.00. The molecule has 1 N–H and O–H groups in total. The molecular weight excluding hydrogens is 578 g/mol. The number of hydrogen-bond donors (Lipinski definition) is 1. The molecule has 0 amide bonds. The van der Waals surface area contributed by atoms with E-state index in [2.05, 4.69) is 15.9 Å². The molecule has 3 aromatic rings. The number of likely N-dealkylation sites (tertiary alicyclic amines) is 1. The van der Waals surface area contributed by atoms with E-state index in [0.717, 1.165) is 77.9 Å². The molecule has 1 saturated heterocycles. The van der Waals surface area contributed by atoms with E-state index in [-0.39, 0.29) is 18.5 Å². The molecule has 2 aliphatic heterocycles. The van der Waals surface area contributed by atoms with Crippen LogP contribution in [0, 0.1) is 5.92 Å². The Bertz CT molecular complexity index is 1410. The molecule has 1 atom stereocenters. The van der Waals surface area contributed by atoms with Gasteiger partial charge in [-0.15, -0.1) is 12.4 Å². The van der Waals surface area contributed by atoms with Crippen molar-refractivity contribution in [2.45, 2.75) is 53.6 Å². The molecule has 0 aliphatic carbocycles. The van der Waals surface area contributed by atoms with Gasteiger partial charge < -0.3 is 19.6 Å². The lowest BCUT2D eigenvalue weighted by atomic mass is 9.92. The molecule has 1 fully saturated rings. The summed E-state index contributed by atoms with van der Waals surface area (Å²) in [6.07, 6.45) is 2.74. The van der Waals surface area contributed by atoms with E-state index in [1.165, 1.54) is 16.1 Å². The molecule has 1 unspecified atom stereocenters. The standard InChI is InChI=1S/C31H39N3O4S2.ClH/c1-23(35)25-15-19-33(20-16-25)17-8-18-34-27-11-7-12-30(40(36,37)32(2)3)31(27)39-29-14-13-26(21-28(29)34)38-22-24-9-5-4-6-10-24;/h4-7,9-14,21,23,25,35H,8,15-20,22H2,1-3H3;1H. The fourth-order valence-electron chi connectivity index (χ4n) is 5.44. The van der Waals surface area contributed by atoms with Crippen LogP contribution in [0.25, 0.3) is 0 Å². The summed E-state index contributed by atoms with van der Waals surface area (Å²) < 4.78 is 33.9. The van der Waals surface area contributed by atoms with Crippen molar-refractivity contribution in [3.05, 3.63) is 72.3 Å². The van der Waals surface area contributed by atoms with Crippen molar-refractivity contribution in [2.24, 2.45) is 5.92 Å². The number of nitrogens with zero attached hydrogens (tertiary/aromatic N) is 3. The van der Waals surface area contributed by atoms with Gasteiger partial charge in [-0.05, 0) is 81.6 Å². The Balaban J connectivity index is 0.00000387. The molecule has 222 valence electrons. The third-order valence-electron chi connectivity index (χ3n) is 7.86. The minimum absolute atomic E-state index is 0. The van der Waals surface area contributed by atoms with E-state index in [1.807, 2.05) is 61.5 Å². The van der Waals surface area contributed by atoms with Crippen LogP contribution in [-0.2, 0) is 16.6 Å². The molecule has 2 heterocycles. The number of piperidine rings is 1. The SMILES string of the molecule is CC(O)C1CCN(CCCN2c3cc(OCc4ccccc4)ccc3Sc3c2cccc3S(=O)(=O)N(C)C)CC1.Cl.